The topological polar surface area (TPSA) is 71.3 Å². The van der Waals surface area contributed by atoms with Gasteiger partial charge in [0.2, 0.25) is 0 Å². The van der Waals surface area contributed by atoms with Crippen LogP contribution in [0.3, 0.4) is 0 Å². The lowest BCUT2D eigenvalue weighted by molar-refractivity contribution is 0.0224. The second-order valence-corrected chi connectivity index (χ2v) is 8.18. The van der Waals surface area contributed by atoms with Crippen LogP contribution in [-0.2, 0) is 11.2 Å². The number of hydrogen-bond acceptors (Lipinski definition) is 5. The average molecular weight is 554 g/mol. The summed E-state index contributed by atoms with van der Waals surface area (Å²) in [7, 11) is 1.73. The van der Waals surface area contributed by atoms with E-state index in [4.69, 9.17) is 18.9 Å². The average Bonchev–Trinajstić information content (AvgIpc) is 3.50. The van der Waals surface area contributed by atoms with Crippen molar-refractivity contribution in [3.05, 3.63) is 48.4 Å². The Hall–Kier alpha value is -1.94. The number of anilines is 1. The Balaban J connectivity index is 0.00000289. The maximum absolute atomic E-state index is 5.86. The Morgan fingerprint density at radius 1 is 1.19 bits per heavy atom. The van der Waals surface area contributed by atoms with E-state index < -0.39 is 0 Å². The summed E-state index contributed by atoms with van der Waals surface area (Å²) in [6, 6.07) is 12.5. The van der Waals surface area contributed by atoms with Gasteiger partial charge >= 0.3 is 0 Å². The molecule has 2 aliphatic rings. The van der Waals surface area contributed by atoms with E-state index >= 15 is 0 Å². The number of methoxy groups -OCH3 is 1. The number of guanidine groups is 1. The maximum atomic E-state index is 5.86. The highest BCUT2D eigenvalue weighted by Crippen LogP contribution is 2.30. The zero-order valence-electron chi connectivity index (χ0n) is 18.8. The highest BCUT2D eigenvalue weighted by molar-refractivity contribution is 14.0. The fraction of sp³-hybridized carbons (Fsp3) is 0.542. The van der Waals surface area contributed by atoms with E-state index in [1.54, 1.807) is 13.4 Å². The van der Waals surface area contributed by atoms with Gasteiger partial charge in [-0.15, -0.1) is 24.0 Å². The van der Waals surface area contributed by atoms with Crippen LogP contribution in [0.1, 0.15) is 31.4 Å². The molecule has 32 heavy (non-hydrogen) atoms. The summed E-state index contributed by atoms with van der Waals surface area (Å²) in [5.74, 6) is 2.75. The Bertz CT molecular complexity index is 824. The predicted molar refractivity (Wildman–Crippen MR) is 138 cm³/mol. The summed E-state index contributed by atoms with van der Waals surface area (Å²) in [5, 5.41) is 7.12. The highest BCUT2D eigenvalue weighted by Gasteiger charge is 2.25. The van der Waals surface area contributed by atoms with Crippen molar-refractivity contribution in [1.82, 2.24) is 10.6 Å². The number of aliphatic imine (C=N–C) groups is 1. The zero-order valence-corrected chi connectivity index (χ0v) is 21.1. The molecule has 2 N–H and O–H groups in total. The third-order valence-corrected chi connectivity index (χ3v) is 5.93. The zero-order chi connectivity index (χ0) is 21.3. The number of furan rings is 1. The van der Waals surface area contributed by atoms with Crippen LogP contribution in [0.25, 0.3) is 0 Å². The molecule has 0 aliphatic carbocycles. The molecule has 8 heteroatoms. The van der Waals surface area contributed by atoms with Gasteiger partial charge in [0.05, 0.1) is 31.7 Å². The number of nitrogens with zero attached hydrogens (tertiary/aromatic N) is 2. The molecule has 0 saturated carbocycles. The van der Waals surface area contributed by atoms with Gasteiger partial charge in [0.1, 0.15) is 11.5 Å². The number of ether oxygens (including phenoxy) is 2. The van der Waals surface area contributed by atoms with Crippen LogP contribution in [0.2, 0.25) is 0 Å². The number of para-hydroxylation sites is 2. The molecule has 2 saturated heterocycles. The number of hydrogen-bond donors (Lipinski definition) is 2. The molecule has 3 heterocycles. The molecule has 2 fully saturated rings. The lowest BCUT2D eigenvalue weighted by Crippen LogP contribution is -2.45. The Labute approximate surface area is 208 Å². The Kier molecular flexibility index (Phi) is 9.98. The van der Waals surface area contributed by atoms with Gasteiger partial charge in [-0.2, -0.15) is 0 Å². The van der Waals surface area contributed by atoms with E-state index in [1.807, 2.05) is 24.3 Å². The number of nitrogens with one attached hydrogen (secondary N) is 2. The smallest absolute Gasteiger partial charge is 0.191 e. The number of halogens is 1. The summed E-state index contributed by atoms with van der Waals surface area (Å²) < 4.78 is 16.9. The van der Waals surface area contributed by atoms with E-state index in [-0.39, 0.29) is 30.1 Å². The predicted octanol–water partition coefficient (Wildman–Crippen LogP) is 3.83. The second kappa shape index (κ2) is 12.9. The van der Waals surface area contributed by atoms with Gasteiger partial charge in [-0.05, 0) is 49.9 Å². The van der Waals surface area contributed by atoms with Crippen LogP contribution < -0.4 is 20.3 Å². The van der Waals surface area contributed by atoms with Gasteiger partial charge in [-0.25, -0.2) is 0 Å². The molecule has 0 bridgehead atoms. The first-order chi connectivity index (χ1) is 15.3. The summed E-state index contributed by atoms with van der Waals surface area (Å²) in [6.45, 7) is 4.22. The first-order valence-corrected chi connectivity index (χ1v) is 11.4. The van der Waals surface area contributed by atoms with Crippen LogP contribution >= 0.6 is 24.0 Å². The summed E-state index contributed by atoms with van der Waals surface area (Å²) in [4.78, 5) is 7.23. The van der Waals surface area contributed by atoms with E-state index in [0.717, 1.165) is 75.1 Å². The fourth-order valence-corrected chi connectivity index (χ4v) is 4.24. The Morgan fingerprint density at radius 3 is 2.88 bits per heavy atom. The van der Waals surface area contributed by atoms with Crippen LogP contribution in [0.15, 0.2) is 52.1 Å². The molecule has 2 aromatic rings. The molecule has 0 amide bonds. The van der Waals surface area contributed by atoms with Crippen LogP contribution in [0.5, 0.6) is 5.75 Å². The lowest BCUT2D eigenvalue weighted by atomic mass is 10.1. The van der Waals surface area contributed by atoms with Gasteiger partial charge in [0.25, 0.3) is 0 Å². The van der Waals surface area contributed by atoms with Crippen molar-refractivity contribution in [1.29, 1.82) is 0 Å². The van der Waals surface area contributed by atoms with E-state index in [9.17, 15) is 0 Å². The van der Waals surface area contributed by atoms with Crippen molar-refractivity contribution < 1.29 is 13.9 Å². The molecule has 0 spiro atoms. The summed E-state index contributed by atoms with van der Waals surface area (Å²) >= 11 is 0. The number of rotatable bonds is 8. The summed E-state index contributed by atoms with van der Waals surface area (Å²) in [5.41, 5.74) is 1.15. The highest BCUT2D eigenvalue weighted by atomic mass is 127. The Morgan fingerprint density at radius 2 is 2.09 bits per heavy atom. The molecule has 1 aromatic carbocycles. The van der Waals surface area contributed by atoms with Crippen molar-refractivity contribution in [2.24, 2.45) is 4.99 Å². The van der Waals surface area contributed by atoms with Crippen molar-refractivity contribution in [3.8, 4) is 5.75 Å². The SMILES string of the molecule is COc1ccccc1N1CCC(NC(=NCC2CCCCO2)NCCc2ccco2)C1.I. The van der Waals surface area contributed by atoms with Gasteiger partial charge in [0, 0.05) is 38.7 Å². The molecule has 2 aliphatic heterocycles. The molecular weight excluding hydrogens is 519 g/mol. The second-order valence-electron chi connectivity index (χ2n) is 8.18. The van der Waals surface area contributed by atoms with E-state index in [0.29, 0.717) is 12.6 Å². The monoisotopic (exact) mass is 554 g/mol. The lowest BCUT2D eigenvalue weighted by Gasteiger charge is -2.23. The van der Waals surface area contributed by atoms with Gasteiger partial charge in [-0.3, -0.25) is 4.99 Å². The maximum Gasteiger partial charge on any atom is 0.191 e. The number of benzene rings is 1. The largest absolute Gasteiger partial charge is 0.495 e. The molecule has 7 nitrogen and oxygen atoms in total. The van der Waals surface area contributed by atoms with E-state index in [1.165, 1.54) is 6.42 Å². The fourth-order valence-electron chi connectivity index (χ4n) is 4.24. The third-order valence-electron chi connectivity index (χ3n) is 5.93. The van der Waals surface area contributed by atoms with Crippen LogP contribution in [0.4, 0.5) is 5.69 Å². The third kappa shape index (κ3) is 7.03. The quantitative estimate of drug-likeness (QED) is 0.294. The molecule has 176 valence electrons. The van der Waals surface area contributed by atoms with Crippen molar-refractivity contribution in [2.75, 3.05) is 44.8 Å². The molecule has 4 rings (SSSR count). The molecule has 0 radical (unpaired) electrons. The van der Waals surface area contributed by atoms with Crippen molar-refractivity contribution in [3.63, 3.8) is 0 Å². The van der Waals surface area contributed by atoms with Gasteiger partial charge < -0.3 is 29.4 Å². The van der Waals surface area contributed by atoms with Crippen molar-refractivity contribution in [2.45, 2.75) is 44.2 Å². The minimum absolute atomic E-state index is 0. The van der Waals surface area contributed by atoms with Crippen LogP contribution in [-0.4, -0.2) is 58.0 Å². The van der Waals surface area contributed by atoms with Crippen LogP contribution in [0, 0.1) is 0 Å². The molecule has 2 atom stereocenters. The summed E-state index contributed by atoms with van der Waals surface area (Å²) in [6.07, 6.45) is 7.30. The molecule has 2 unspecified atom stereocenters. The first kappa shape index (κ1) is 24.7. The minimum atomic E-state index is 0. The van der Waals surface area contributed by atoms with Gasteiger partial charge in [-0.1, -0.05) is 12.1 Å². The minimum Gasteiger partial charge on any atom is -0.495 e. The molecular formula is C24H35IN4O3. The van der Waals surface area contributed by atoms with Gasteiger partial charge in [0.15, 0.2) is 5.96 Å². The van der Waals surface area contributed by atoms with Crippen molar-refractivity contribution >= 4 is 35.6 Å². The van der Waals surface area contributed by atoms with E-state index in [2.05, 4.69) is 27.7 Å². The standard InChI is InChI=1S/C24H34N4O3.HI/c1-29-23-10-3-2-9-22(23)28-14-12-19(18-28)27-24(25-13-11-20-8-6-16-30-20)26-17-21-7-4-5-15-31-21;/h2-3,6,8-10,16,19,21H,4-5,7,11-15,17-18H2,1H3,(H2,25,26,27);1H. The normalized spacial score (nSPS) is 21.2. The first-order valence-electron chi connectivity index (χ1n) is 11.4. The molecule has 1 aromatic heterocycles.